The normalized spacial score (nSPS) is 10.4. The van der Waals surface area contributed by atoms with Gasteiger partial charge in [-0.05, 0) is 24.1 Å². The predicted molar refractivity (Wildman–Crippen MR) is 76.6 cm³/mol. The van der Waals surface area contributed by atoms with Crippen LogP contribution in [0.1, 0.15) is 18.4 Å². The molecule has 0 saturated heterocycles. The molecule has 0 aromatic heterocycles. The average molecular weight is 327 g/mol. The molecular formula is C13H15BrN2O3. The van der Waals surface area contributed by atoms with Gasteiger partial charge in [0.2, 0.25) is 0 Å². The number of nitrogens with one attached hydrogen (secondary N) is 2. The van der Waals surface area contributed by atoms with Crippen molar-refractivity contribution in [2.45, 2.75) is 12.8 Å². The Bertz CT molecular complexity index is 475. The van der Waals surface area contributed by atoms with Gasteiger partial charge in [-0.3, -0.25) is 4.79 Å². The quantitative estimate of drug-likeness (QED) is 0.703. The van der Waals surface area contributed by atoms with E-state index in [0.717, 1.165) is 10.0 Å². The van der Waals surface area contributed by atoms with Gasteiger partial charge in [-0.15, -0.1) is 0 Å². The Balaban J connectivity index is 2.27. The molecule has 1 aromatic rings. The van der Waals surface area contributed by atoms with Crippen molar-refractivity contribution in [3.8, 4) is 0 Å². The molecule has 1 aromatic carbocycles. The first-order valence-electron chi connectivity index (χ1n) is 5.77. The highest BCUT2D eigenvalue weighted by Crippen LogP contribution is 2.16. The summed E-state index contributed by atoms with van der Waals surface area (Å²) >= 11 is 3.39. The molecule has 0 aliphatic carbocycles. The van der Waals surface area contributed by atoms with Crippen LogP contribution >= 0.6 is 15.9 Å². The third-order valence-electron chi connectivity index (χ3n) is 2.24. The second-order valence-corrected chi connectivity index (χ2v) is 4.61. The van der Waals surface area contributed by atoms with Gasteiger partial charge >= 0.3 is 12.0 Å². The molecule has 0 unspecified atom stereocenters. The van der Waals surface area contributed by atoms with E-state index in [1.807, 2.05) is 24.3 Å². The molecule has 0 aliphatic rings. The highest BCUT2D eigenvalue weighted by Gasteiger charge is 1.99. The molecular weight excluding hydrogens is 312 g/mol. The number of aliphatic carboxylic acids is 1. The van der Waals surface area contributed by atoms with Crippen LogP contribution in [0.4, 0.5) is 4.79 Å². The maximum Gasteiger partial charge on any atom is 0.318 e. The lowest BCUT2D eigenvalue weighted by Crippen LogP contribution is -2.32. The molecule has 6 heteroatoms. The summed E-state index contributed by atoms with van der Waals surface area (Å²) in [7, 11) is 0. The minimum absolute atomic E-state index is 0.0487. The second-order valence-electron chi connectivity index (χ2n) is 3.75. The Morgan fingerprint density at radius 1 is 1.32 bits per heavy atom. The van der Waals surface area contributed by atoms with Gasteiger partial charge in [0.15, 0.2) is 0 Å². The van der Waals surface area contributed by atoms with Crippen molar-refractivity contribution < 1.29 is 14.7 Å². The highest BCUT2D eigenvalue weighted by molar-refractivity contribution is 9.10. The summed E-state index contributed by atoms with van der Waals surface area (Å²) < 4.78 is 0.940. The van der Waals surface area contributed by atoms with Gasteiger partial charge in [0.05, 0.1) is 0 Å². The summed E-state index contributed by atoms with van der Waals surface area (Å²) in [6.45, 7) is 0.334. The zero-order valence-electron chi connectivity index (χ0n) is 10.2. The van der Waals surface area contributed by atoms with E-state index in [1.54, 1.807) is 6.08 Å². The maximum atomic E-state index is 11.3. The summed E-state index contributed by atoms with van der Waals surface area (Å²) in [6, 6.07) is 7.27. The van der Waals surface area contributed by atoms with Crippen LogP contribution in [0.2, 0.25) is 0 Å². The molecule has 0 radical (unpaired) electrons. The van der Waals surface area contributed by atoms with Gasteiger partial charge in [0.1, 0.15) is 0 Å². The standard InChI is InChI=1S/C13H15BrN2O3/c14-11-5-2-1-4-10(11)7-9-16-13(19)15-8-3-6-12(17)18/h1-2,4-5,7,9H,3,6,8H2,(H,17,18)(H2,15,16,19)/b9-7+. The zero-order valence-corrected chi connectivity index (χ0v) is 11.8. The molecule has 0 bridgehead atoms. The van der Waals surface area contributed by atoms with Crippen LogP contribution in [-0.4, -0.2) is 23.7 Å². The van der Waals surface area contributed by atoms with Gasteiger partial charge in [-0.2, -0.15) is 0 Å². The van der Waals surface area contributed by atoms with Crippen LogP contribution in [0.3, 0.4) is 0 Å². The van der Waals surface area contributed by atoms with Crippen molar-refractivity contribution in [1.29, 1.82) is 0 Å². The number of hydrogen-bond acceptors (Lipinski definition) is 2. The van der Waals surface area contributed by atoms with Crippen molar-refractivity contribution in [3.05, 3.63) is 40.5 Å². The van der Waals surface area contributed by atoms with Gasteiger partial charge < -0.3 is 15.7 Å². The van der Waals surface area contributed by atoms with Crippen LogP contribution in [0.15, 0.2) is 34.9 Å². The number of benzene rings is 1. The molecule has 0 aliphatic heterocycles. The molecule has 1 rings (SSSR count). The Morgan fingerprint density at radius 2 is 2.05 bits per heavy atom. The van der Waals surface area contributed by atoms with Crippen LogP contribution in [0, 0.1) is 0 Å². The number of carbonyl (C=O) groups excluding carboxylic acids is 1. The smallest absolute Gasteiger partial charge is 0.318 e. The van der Waals surface area contributed by atoms with Gasteiger partial charge in [-0.25, -0.2) is 4.79 Å². The van der Waals surface area contributed by atoms with E-state index in [0.29, 0.717) is 13.0 Å². The highest BCUT2D eigenvalue weighted by atomic mass is 79.9. The Labute approximate surface area is 119 Å². The van der Waals surface area contributed by atoms with E-state index in [9.17, 15) is 9.59 Å². The van der Waals surface area contributed by atoms with Crippen molar-refractivity contribution >= 4 is 34.0 Å². The van der Waals surface area contributed by atoms with Crippen molar-refractivity contribution in [2.24, 2.45) is 0 Å². The molecule has 19 heavy (non-hydrogen) atoms. The first-order chi connectivity index (χ1) is 9.09. The van der Waals surface area contributed by atoms with Gasteiger partial charge in [-0.1, -0.05) is 34.1 Å². The largest absolute Gasteiger partial charge is 0.481 e. The number of halogens is 1. The number of urea groups is 1. The second kappa shape index (κ2) is 8.31. The van der Waals surface area contributed by atoms with Gasteiger partial charge in [0.25, 0.3) is 0 Å². The minimum atomic E-state index is -0.865. The molecule has 0 heterocycles. The van der Waals surface area contributed by atoms with E-state index in [4.69, 9.17) is 5.11 Å². The number of rotatable bonds is 6. The summed E-state index contributed by atoms with van der Waals surface area (Å²) in [5.41, 5.74) is 0.952. The first kappa shape index (κ1) is 15.2. The number of carboxylic acid groups (broad SMARTS) is 1. The number of hydrogen-bond donors (Lipinski definition) is 3. The average Bonchev–Trinajstić information content (AvgIpc) is 2.37. The molecule has 5 nitrogen and oxygen atoms in total. The van der Waals surface area contributed by atoms with Crippen LogP contribution in [0.5, 0.6) is 0 Å². The van der Waals surface area contributed by atoms with Crippen molar-refractivity contribution in [3.63, 3.8) is 0 Å². The third-order valence-corrected chi connectivity index (χ3v) is 2.96. The lowest BCUT2D eigenvalue weighted by atomic mass is 10.2. The molecule has 102 valence electrons. The first-order valence-corrected chi connectivity index (χ1v) is 6.56. The summed E-state index contributed by atoms with van der Waals surface area (Å²) in [5.74, 6) is -0.865. The zero-order chi connectivity index (χ0) is 14.1. The number of amides is 2. The van der Waals surface area contributed by atoms with Gasteiger partial charge in [0, 0.05) is 23.6 Å². The molecule has 0 atom stereocenters. The Morgan fingerprint density at radius 3 is 2.74 bits per heavy atom. The van der Waals surface area contributed by atoms with E-state index in [1.165, 1.54) is 6.20 Å². The monoisotopic (exact) mass is 326 g/mol. The maximum absolute atomic E-state index is 11.3. The van der Waals surface area contributed by atoms with Crippen molar-refractivity contribution in [1.82, 2.24) is 10.6 Å². The molecule has 0 saturated carbocycles. The number of carbonyl (C=O) groups is 2. The molecule has 3 N–H and O–H groups in total. The lowest BCUT2D eigenvalue weighted by Gasteiger charge is -2.03. The Kier molecular flexibility index (Phi) is 6.67. The van der Waals surface area contributed by atoms with E-state index in [-0.39, 0.29) is 12.5 Å². The number of carboxylic acids is 1. The predicted octanol–water partition coefficient (Wildman–Crippen LogP) is 2.58. The fourth-order valence-corrected chi connectivity index (χ4v) is 1.73. The summed E-state index contributed by atoms with van der Waals surface area (Å²) in [5, 5.41) is 13.5. The topological polar surface area (TPSA) is 78.4 Å². The summed E-state index contributed by atoms with van der Waals surface area (Å²) in [6.07, 6.45) is 3.76. The van der Waals surface area contributed by atoms with Crippen LogP contribution < -0.4 is 10.6 Å². The van der Waals surface area contributed by atoms with Crippen LogP contribution in [-0.2, 0) is 4.79 Å². The SMILES string of the molecule is O=C(O)CCCNC(=O)N/C=C/c1ccccc1Br. The molecule has 0 spiro atoms. The Hall–Kier alpha value is -1.82. The minimum Gasteiger partial charge on any atom is -0.481 e. The fourth-order valence-electron chi connectivity index (χ4n) is 1.31. The van der Waals surface area contributed by atoms with E-state index >= 15 is 0 Å². The third kappa shape index (κ3) is 6.61. The molecule has 0 fully saturated rings. The van der Waals surface area contributed by atoms with E-state index in [2.05, 4.69) is 26.6 Å². The van der Waals surface area contributed by atoms with Crippen molar-refractivity contribution in [2.75, 3.05) is 6.54 Å². The lowest BCUT2D eigenvalue weighted by molar-refractivity contribution is -0.137. The fraction of sp³-hybridized carbons (Fsp3) is 0.231. The van der Waals surface area contributed by atoms with E-state index < -0.39 is 5.97 Å². The molecule has 2 amide bonds. The summed E-state index contributed by atoms with van der Waals surface area (Å²) in [4.78, 5) is 21.6. The van der Waals surface area contributed by atoms with Crippen LogP contribution in [0.25, 0.3) is 6.08 Å².